The summed E-state index contributed by atoms with van der Waals surface area (Å²) in [5.74, 6) is 0. The number of nitrogens with one attached hydrogen (secondary N) is 1. The first kappa shape index (κ1) is 14.3. The Labute approximate surface area is 116 Å². The van der Waals surface area contributed by atoms with E-state index in [-0.39, 0.29) is 11.4 Å². The predicted molar refractivity (Wildman–Crippen MR) is 71.2 cm³/mol. The summed E-state index contributed by atoms with van der Waals surface area (Å²) in [6.07, 6.45) is 0.724. The lowest BCUT2D eigenvalue weighted by Gasteiger charge is -2.13. The molecule has 0 radical (unpaired) electrons. The molecule has 7 nitrogen and oxygen atoms in total. The number of nitrogens with zero attached hydrogens (tertiary/aromatic N) is 1. The first-order valence-corrected chi connectivity index (χ1v) is 7.76. The van der Waals surface area contributed by atoms with Crippen LogP contribution in [0.3, 0.4) is 0 Å². The quantitative estimate of drug-likeness (QED) is 0.782. The van der Waals surface area contributed by atoms with Crippen LogP contribution in [0.2, 0.25) is 0 Å². The number of hydrogen-bond donors (Lipinski definition) is 1. The van der Waals surface area contributed by atoms with Crippen molar-refractivity contribution >= 4 is 28.0 Å². The van der Waals surface area contributed by atoms with E-state index >= 15 is 0 Å². The summed E-state index contributed by atoms with van der Waals surface area (Å²) in [7, 11) is -3.26. The van der Waals surface area contributed by atoms with Gasteiger partial charge in [-0.05, 0) is 24.3 Å². The standard InChI is InChI=1S/C12H14N2O5S/c1-20(17,18)11-4-2-9(3-5-11)14-7-10(6-13-8-15)19-12(14)16/h2-5,8,10H,6-7H2,1H3,(H,13,15). The van der Waals surface area contributed by atoms with Crippen molar-refractivity contribution in [1.82, 2.24) is 5.32 Å². The van der Waals surface area contributed by atoms with Crippen LogP contribution in [0, 0.1) is 0 Å². The molecule has 1 saturated heterocycles. The highest BCUT2D eigenvalue weighted by molar-refractivity contribution is 7.90. The Bertz CT molecular complexity index is 611. The lowest BCUT2D eigenvalue weighted by atomic mass is 10.2. The van der Waals surface area contributed by atoms with Crippen LogP contribution in [-0.2, 0) is 19.4 Å². The van der Waals surface area contributed by atoms with Crippen LogP contribution >= 0.6 is 0 Å². The molecule has 1 N–H and O–H groups in total. The van der Waals surface area contributed by atoms with Gasteiger partial charge in [0.1, 0.15) is 6.10 Å². The second-order valence-corrected chi connectivity index (χ2v) is 6.42. The SMILES string of the molecule is CS(=O)(=O)c1ccc(N2CC(CNC=O)OC2=O)cc1. The van der Waals surface area contributed by atoms with Gasteiger partial charge in [0.15, 0.2) is 9.84 Å². The summed E-state index contributed by atoms with van der Waals surface area (Å²) in [6.45, 7) is 0.547. The zero-order valence-corrected chi connectivity index (χ0v) is 11.6. The molecule has 0 spiro atoms. The molecule has 0 bridgehead atoms. The zero-order chi connectivity index (χ0) is 14.8. The molecule has 2 amide bonds. The Morgan fingerprint density at radius 2 is 2.05 bits per heavy atom. The van der Waals surface area contributed by atoms with Gasteiger partial charge in [-0.15, -0.1) is 0 Å². The van der Waals surface area contributed by atoms with Crippen molar-refractivity contribution in [1.29, 1.82) is 0 Å². The van der Waals surface area contributed by atoms with E-state index in [0.717, 1.165) is 6.26 Å². The Kier molecular flexibility index (Phi) is 3.93. The molecule has 1 atom stereocenters. The van der Waals surface area contributed by atoms with E-state index in [2.05, 4.69) is 5.32 Å². The molecule has 1 fully saturated rings. The number of benzene rings is 1. The van der Waals surface area contributed by atoms with Crippen molar-refractivity contribution in [2.45, 2.75) is 11.0 Å². The summed E-state index contributed by atoms with van der Waals surface area (Å²) in [5, 5.41) is 2.45. The highest BCUT2D eigenvalue weighted by Crippen LogP contribution is 2.23. The van der Waals surface area contributed by atoms with E-state index < -0.39 is 22.0 Å². The number of cyclic esters (lactones) is 1. The van der Waals surface area contributed by atoms with E-state index in [9.17, 15) is 18.0 Å². The minimum Gasteiger partial charge on any atom is -0.442 e. The topological polar surface area (TPSA) is 92.8 Å². The maximum absolute atomic E-state index is 11.7. The summed E-state index contributed by atoms with van der Waals surface area (Å²) in [5.41, 5.74) is 0.552. The molecule has 0 aliphatic carbocycles. The van der Waals surface area contributed by atoms with E-state index in [1.165, 1.54) is 17.0 Å². The number of ether oxygens (including phenoxy) is 1. The average molecular weight is 298 g/mol. The van der Waals surface area contributed by atoms with Crippen molar-refractivity contribution in [2.75, 3.05) is 24.2 Å². The van der Waals surface area contributed by atoms with Gasteiger partial charge >= 0.3 is 6.09 Å². The highest BCUT2D eigenvalue weighted by atomic mass is 32.2. The molecule has 8 heteroatoms. The van der Waals surface area contributed by atoms with Crippen molar-refractivity contribution in [2.24, 2.45) is 0 Å². The molecule has 1 aliphatic rings. The van der Waals surface area contributed by atoms with Gasteiger partial charge in [0.05, 0.1) is 18.0 Å². The van der Waals surface area contributed by atoms with Crippen LogP contribution in [0.4, 0.5) is 10.5 Å². The Balaban J connectivity index is 2.12. The third-order valence-corrected chi connectivity index (χ3v) is 4.01. The van der Waals surface area contributed by atoms with Crippen LogP contribution in [-0.4, -0.2) is 46.4 Å². The number of rotatable bonds is 5. The number of anilines is 1. The molecule has 2 rings (SSSR count). The summed E-state index contributed by atoms with van der Waals surface area (Å²) in [6, 6.07) is 5.98. The molecule has 108 valence electrons. The fraction of sp³-hybridized carbons (Fsp3) is 0.333. The molecule has 0 saturated carbocycles. The van der Waals surface area contributed by atoms with E-state index in [0.29, 0.717) is 18.6 Å². The van der Waals surface area contributed by atoms with Gasteiger partial charge in [0, 0.05) is 11.9 Å². The zero-order valence-electron chi connectivity index (χ0n) is 10.8. The monoisotopic (exact) mass is 298 g/mol. The number of hydrogen-bond acceptors (Lipinski definition) is 5. The van der Waals surface area contributed by atoms with Gasteiger partial charge in [-0.25, -0.2) is 13.2 Å². The van der Waals surface area contributed by atoms with Crippen molar-refractivity contribution in [3.8, 4) is 0 Å². The maximum atomic E-state index is 11.7. The minimum absolute atomic E-state index is 0.188. The largest absolute Gasteiger partial charge is 0.442 e. The van der Waals surface area contributed by atoms with Crippen LogP contribution < -0.4 is 10.2 Å². The normalized spacial score (nSPS) is 18.8. The minimum atomic E-state index is -3.26. The highest BCUT2D eigenvalue weighted by Gasteiger charge is 2.32. The average Bonchev–Trinajstić information content (AvgIpc) is 2.77. The molecule has 20 heavy (non-hydrogen) atoms. The molecular formula is C12H14N2O5S. The second-order valence-electron chi connectivity index (χ2n) is 4.41. The Morgan fingerprint density at radius 3 is 2.60 bits per heavy atom. The summed E-state index contributed by atoms with van der Waals surface area (Å²) in [4.78, 5) is 23.5. The van der Waals surface area contributed by atoms with Crippen molar-refractivity contribution in [3.63, 3.8) is 0 Å². The third-order valence-electron chi connectivity index (χ3n) is 2.88. The number of sulfone groups is 1. The summed E-state index contributed by atoms with van der Waals surface area (Å²) < 4.78 is 27.8. The van der Waals surface area contributed by atoms with E-state index in [1.54, 1.807) is 12.1 Å². The third kappa shape index (κ3) is 3.08. The van der Waals surface area contributed by atoms with Crippen LogP contribution in [0.15, 0.2) is 29.2 Å². The van der Waals surface area contributed by atoms with E-state index in [4.69, 9.17) is 4.74 Å². The van der Waals surface area contributed by atoms with E-state index in [1.807, 2.05) is 0 Å². The first-order chi connectivity index (χ1) is 9.41. The molecule has 1 unspecified atom stereocenters. The molecule has 1 aliphatic heterocycles. The molecule has 0 aromatic heterocycles. The fourth-order valence-electron chi connectivity index (χ4n) is 1.89. The molecule has 1 aromatic carbocycles. The van der Waals surface area contributed by atoms with Gasteiger partial charge in [0.25, 0.3) is 0 Å². The van der Waals surface area contributed by atoms with Gasteiger partial charge in [-0.3, -0.25) is 9.69 Å². The first-order valence-electron chi connectivity index (χ1n) is 5.87. The second kappa shape index (κ2) is 5.49. The number of amides is 2. The van der Waals surface area contributed by atoms with Crippen molar-refractivity contribution < 1.29 is 22.7 Å². The predicted octanol–water partition coefficient (Wildman–Crippen LogP) is 0.161. The molecule has 1 heterocycles. The molecular weight excluding hydrogens is 284 g/mol. The van der Waals surface area contributed by atoms with Crippen LogP contribution in [0.1, 0.15) is 0 Å². The fourth-order valence-corrected chi connectivity index (χ4v) is 2.52. The Morgan fingerprint density at radius 1 is 1.40 bits per heavy atom. The number of carbonyl (C=O) groups is 2. The molecule has 1 aromatic rings. The van der Waals surface area contributed by atoms with Gasteiger partial charge < -0.3 is 10.1 Å². The Hall–Kier alpha value is -2.09. The van der Waals surface area contributed by atoms with Crippen LogP contribution in [0.25, 0.3) is 0 Å². The van der Waals surface area contributed by atoms with Gasteiger partial charge in [-0.2, -0.15) is 0 Å². The number of carbonyl (C=O) groups excluding carboxylic acids is 2. The lowest BCUT2D eigenvalue weighted by Crippen LogP contribution is -2.30. The summed E-state index contributed by atoms with van der Waals surface area (Å²) >= 11 is 0. The van der Waals surface area contributed by atoms with Crippen LogP contribution in [0.5, 0.6) is 0 Å². The lowest BCUT2D eigenvalue weighted by molar-refractivity contribution is -0.109. The van der Waals surface area contributed by atoms with Crippen molar-refractivity contribution in [3.05, 3.63) is 24.3 Å². The van der Waals surface area contributed by atoms with Gasteiger partial charge in [0.2, 0.25) is 6.41 Å². The smallest absolute Gasteiger partial charge is 0.414 e. The maximum Gasteiger partial charge on any atom is 0.414 e. The van der Waals surface area contributed by atoms with Gasteiger partial charge in [-0.1, -0.05) is 0 Å².